The highest BCUT2D eigenvalue weighted by Gasteiger charge is 2.17. The number of hydrogen-bond acceptors (Lipinski definition) is 5. The molecule has 0 fully saturated rings. The fraction of sp³-hybridized carbons (Fsp3) is 0.438. The number of pyridine rings is 1. The van der Waals surface area contributed by atoms with E-state index in [1.807, 2.05) is 24.3 Å². The van der Waals surface area contributed by atoms with Crippen LogP contribution in [0.25, 0.3) is 10.9 Å². The van der Waals surface area contributed by atoms with Crippen LogP contribution in [0.5, 0.6) is 5.75 Å². The maximum atomic E-state index is 5.94. The Balaban J connectivity index is 2.35. The lowest BCUT2D eigenvalue weighted by Gasteiger charge is -2.24. The van der Waals surface area contributed by atoms with Gasteiger partial charge in [0.05, 0.1) is 24.8 Å². The minimum atomic E-state index is -0.166. The first kappa shape index (κ1) is 15.5. The molecule has 0 bridgehead atoms. The van der Waals surface area contributed by atoms with Crippen molar-refractivity contribution in [2.45, 2.75) is 39.4 Å². The molecule has 5 heteroatoms. The van der Waals surface area contributed by atoms with Gasteiger partial charge in [-0.1, -0.05) is 6.92 Å². The number of fused-ring (bicyclic) bond motifs is 1. The Kier molecular flexibility index (Phi) is 4.65. The Bertz CT molecular complexity index is 626. The fourth-order valence-corrected chi connectivity index (χ4v) is 1.93. The van der Waals surface area contributed by atoms with E-state index in [9.17, 15) is 0 Å². The first-order valence-corrected chi connectivity index (χ1v) is 7.07. The van der Waals surface area contributed by atoms with E-state index in [0.29, 0.717) is 12.4 Å². The van der Waals surface area contributed by atoms with Gasteiger partial charge in [0.25, 0.3) is 0 Å². The number of ether oxygens (including phenoxy) is 2. The van der Waals surface area contributed by atoms with Crippen LogP contribution in [0, 0.1) is 0 Å². The quantitative estimate of drug-likeness (QED) is 0.631. The number of nitrogens with zero attached hydrogens (tertiary/aromatic N) is 1. The lowest BCUT2D eigenvalue weighted by Crippen LogP contribution is -2.23. The zero-order valence-corrected chi connectivity index (χ0v) is 13.1. The SMILES string of the molecule is CCC(C)(C)OCc1cc2ccc(OC)cc2nc1NN. The molecular formula is C16H23N3O2. The van der Waals surface area contributed by atoms with Gasteiger partial charge >= 0.3 is 0 Å². The molecule has 0 radical (unpaired) electrons. The summed E-state index contributed by atoms with van der Waals surface area (Å²) in [6, 6.07) is 7.83. The number of rotatable bonds is 6. The summed E-state index contributed by atoms with van der Waals surface area (Å²) in [5.74, 6) is 6.98. The molecule has 0 spiro atoms. The van der Waals surface area contributed by atoms with E-state index in [1.165, 1.54) is 0 Å². The van der Waals surface area contributed by atoms with Gasteiger partial charge in [0, 0.05) is 17.0 Å². The average molecular weight is 289 g/mol. The molecule has 0 unspecified atom stereocenters. The van der Waals surface area contributed by atoms with Crippen LogP contribution in [0.15, 0.2) is 24.3 Å². The van der Waals surface area contributed by atoms with Crippen molar-refractivity contribution in [3.05, 3.63) is 29.8 Å². The summed E-state index contributed by atoms with van der Waals surface area (Å²) in [4.78, 5) is 4.53. The van der Waals surface area contributed by atoms with E-state index < -0.39 is 0 Å². The van der Waals surface area contributed by atoms with Gasteiger partial charge in [0.1, 0.15) is 11.6 Å². The van der Waals surface area contributed by atoms with Crippen LogP contribution in [0.1, 0.15) is 32.8 Å². The maximum Gasteiger partial charge on any atom is 0.146 e. The van der Waals surface area contributed by atoms with Crippen LogP contribution >= 0.6 is 0 Å². The van der Waals surface area contributed by atoms with Crippen molar-refractivity contribution in [2.75, 3.05) is 12.5 Å². The van der Waals surface area contributed by atoms with Crippen LogP contribution in [-0.4, -0.2) is 17.7 Å². The number of benzene rings is 1. The minimum Gasteiger partial charge on any atom is -0.497 e. The van der Waals surface area contributed by atoms with Crippen LogP contribution < -0.4 is 16.0 Å². The maximum absolute atomic E-state index is 5.94. The monoisotopic (exact) mass is 289 g/mol. The van der Waals surface area contributed by atoms with Crippen molar-refractivity contribution in [3.63, 3.8) is 0 Å². The highest BCUT2D eigenvalue weighted by atomic mass is 16.5. The molecule has 1 heterocycles. The normalized spacial score (nSPS) is 11.7. The van der Waals surface area contributed by atoms with Gasteiger partial charge in [-0.25, -0.2) is 10.8 Å². The highest BCUT2D eigenvalue weighted by molar-refractivity contribution is 5.83. The Hall–Kier alpha value is -1.85. The number of anilines is 1. The first-order chi connectivity index (χ1) is 9.99. The molecule has 3 N–H and O–H groups in total. The number of nitrogens with two attached hydrogens (primary N) is 1. The van der Waals surface area contributed by atoms with E-state index in [-0.39, 0.29) is 5.60 Å². The summed E-state index contributed by atoms with van der Waals surface area (Å²) in [5, 5.41) is 1.03. The summed E-state index contributed by atoms with van der Waals surface area (Å²) in [7, 11) is 1.64. The van der Waals surface area contributed by atoms with Crippen LogP contribution in [0.3, 0.4) is 0 Å². The Morgan fingerprint density at radius 1 is 1.29 bits per heavy atom. The summed E-state index contributed by atoms with van der Waals surface area (Å²) in [6.07, 6.45) is 0.941. The lowest BCUT2D eigenvalue weighted by molar-refractivity contribution is -0.0314. The second-order valence-electron chi connectivity index (χ2n) is 5.60. The third-order valence-corrected chi connectivity index (χ3v) is 3.71. The molecule has 2 aromatic rings. The van der Waals surface area contributed by atoms with Gasteiger partial charge in [-0.2, -0.15) is 0 Å². The average Bonchev–Trinajstić information content (AvgIpc) is 2.51. The predicted octanol–water partition coefficient (Wildman–Crippen LogP) is 3.23. The Morgan fingerprint density at radius 3 is 2.67 bits per heavy atom. The number of hydrazine groups is 1. The molecule has 0 saturated carbocycles. The van der Waals surface area contributed by atoms with Crippen LogP contribution in [-0.2, 0) is 11.3 Å². The lowest BCUT2D eigenvalue weighted by atomic mass is 10.1. The number of nitrogen functional groups attached to an aromatic ring is 1. The molecule has 0 aliphatic carbocycles. The number of methoxy groups -OCH3 is 1. The Morgan fingerprint density at radius 2 is 2.05 bits per heavy atom. The van der Waals surface area contributed by atoms with Crippen LogP contribution in [0.2, 0.25) is 0 Å². The molecule has 0 atom stereocenters. The topological polar surface area (TPSA) is 69.4 Å². The molecule has 0 aliphatic heterocycles. The summed E-state index contributed by atoms with van der Waals surface area (Å²) in [5.41, 5.74) is 4.26. The second kappa shape index (κ2) is 6.28. The summed E-state index contributed by atoms with van der Waals surface area (Å²) in [6.45, 7) is 6.71. The van der Waals surface area contributed by atoms with Gasteiger partial charge < -0.3 is 14.9 Å². The van der Waals surface area contributed by atoms with Crippen molar-refractivity contribution in [3.8, 4) is 5.75 Å². The zero-order chi connectivity index (χ0) is 15.5. The molecule has 1 aromatic carbocycles. The predicted molar refractivity (Wildman–Crippen MR) is 85.3 cm³/mol. The van der Waals surface area contributed by atoms with Crippen molar-refractivity contribution in [1.82, 2.24) is 4.98 Å². The van der Waals surface area contributed by atoms with Crippen LogP contribution in [0.4, 0.5) is 5.82 Å². The second-order valence-corrected chi connectivity index (χ2v) is 5.60. The summed E-state index contributed by atoms with van der Waals surface area (Å²) >= 11 is 0. The van der Waals surface area contributed by atoms with Crippen molar-refractivity contribution >= 4 is 16.7 Å². The van der Waals surface area contributed by atoms with Gasteiger partial charge in [-0.05, 0) is 38.5 Å². The van der Waals surface area contributed by atoms with Gasteiger partial charge in [0.2, 0.25) is 0 Å². The van der Waals surface area contributed by atoms with E-state index >= 15 is 0 Å². The van der Waals surface area contributed by atoms with E-state index in [4.69, 9.17) is 15.3 Å². The number of aromatic nitrogens is 1. The smallest absolute Gasteiger partial charge is 0.146 e. The molecule has 5 nitrogen and oxygen atoms in total. The summed E-state index contributed by atoms with van der Waals surface area (Å²) < 4.78 is 11.2. The van der Waals surface area contributed by atoms with Crippen molar-refractivity contribution in [1.29, 1.82) is 0 Å². The van der Waals surface area contributed by atoms with Gasteiger partial charge in [-0.3, -0.25) is 0 Å². The third kappa shape index (κ3) is 3.62. The standard InChI is InChI=1S/C16H23N3O2/c1-5-16(2,3)21-10-12-8-11-6-7-13(20-4)9-14(11)18-15(12)19-17/h6-9H,5,10,17H2,1-4H3,(H,18,19). The minimum absolute atomic E-state index is 0.166. The fourth-order valence-electron chi connectivity index (χ4n) is 1.93. The highest BCUT2D eigenvalue weighted by Crippen LogP contribution is 2.26. The van der Waals surface area contributed by atoms with E-state index in [1.54, 1.807) is 7.11 Å². The number of nitrogens with one attached hydrogen (secondary N) is 1. The van der Waals surface area contributed by atoms with Gasteiger partial charge in [-0.15, -0.1) is 0 Å². The van der Waals surface area contributed by atoms with Crippen molar-refractivity contribution < 1.29 is 9.47 Å². The molecule has 21 heavy (non-hydrogen) atoms. The molecule has 0 aliphatic rings. The molecule has 2 rings (SSSR count). The molecule has 0 saturated heterocycles. The largest absolute Gasteiger partial charge is 0.497 e. The third-order valence-electron chi connectivity index (χ3n) is 3.71. The number of hydrogen-bond donors (Lipinski definition) is 2. The van der Waals surface area contributed by atoms with Crippen molar-refractivity contribution in [2.24, 2.45) is 5.84 Å². The molecular weight excluding hydrogens is 266 g/mol. The first-order valence-electron chi connectivity index (χ1n) is 7.07. The Labute approximate surface area is 125 Å². The van der Waals surface area contributed by atoms with E-state index in [2.05, 4.69) is 31.2 Å². The molecule has 0 amide bonds. The molecule has 114 valence electrons. The van der Waals surface area contributed by atoms with E-state index in [0.717, 1.165) is 28.6 Å². The zero-order valence-electron chi connectivity index (χ0n) is 13.1. The molecule has 1 aromatic heterocycles. The van der Waals surface area contributed by atoms with Gasteiger partial charge in [0.15, 0.2) is 0 Å².